The Bertz CT molecular complexity index is 210. The maximum atomic E-state index is 3.72. The second kappa shape index (κ2) is 6.22. The first kappa shape index (κ1) is 17.0. The number of rotatable bonds is 6. The Morgan fingerprint density at radius 2 is 1.35 bits per heavy atom. The van der Waals surface area contributed by atoms with E-state index in [1.54, 1.807) is 0 Å². The Hall–Kier alpha value is -0.0400. The average molecular weight is 241 g/mol. The molecule has 0 fully saturated rings. The topological polar surface area (TPSA) is 12.0 Å². The van der Waals surface area contributed by atoms with Gasteiger partial charge in [0.15, 0.2) is 0 Å². The average Bonchev–Trinajstić information content (AvgIpc) is 2.11. The van der Waals surface area contributed by atoms with Crippen LogP contribution in [0, 0.1) is 22.7 Å². The standard InChI is InChI=1S/C16H35N/c1-12(2)10-13(3)16(8,9)14(4)17-11-15(5,6)7/h12-14,17H,10-11H2,1-9H3. The first-order chi connectivity index (χ1) is 7.47. The van der Waals surface area contributed by atoms with Gasteiger partial charge in [-0.15, -0.1) is 0 Å². The summed E-state index contributed by atoms with van der Waals surface area (Å²) in [5, 5.41) is 3.72. The molecular formula is C16H35N. The zero-order valence-corrected chi connectivity index (χ0v) is 13.6. The van der Waals surface area contributed by atoms with Crippen LogP contribution in [-0.2, 0) is 0 Å². The molecule has 0 aromatic carbocycles. The van der Waals surface area contributed by atoms with Crippen LogP contribution in [0.15, 0.2) is 0 Å². The van der Waals surface area contributed by atoms with Crippen molar-refractivity contribution in [3.8, 4) is 0 Å². The van der Waals surface area contributed by atoms with Gasteiger partial charge < -0.3 is 5.32 Å². The van der Waals surface area contributed by atoms with E-state index in [0.717, 1.165) is 18.4 Å². The molecule has 1 nitrogen and oxygen atoms in total. The van der Waals surface area contributed by atoms with E-state index in [2.05, 4.69) is 67.6 Å². The molecule has 2 unspecified atom stereocenters. The smallest absolute Gasteiger partial charge is 0.00926 e. The Kier molecular flexibility index (Phi) is 6.21. The highest BCUT2D eigenvalue weighted by atomic mass is 14.9. The van der Waals surface area contributed by atoms with E-state index in [0.29, 0.717) is 16.9 Å². The Morgan fingerprint density at radius 3 is 1.71 bits per heavy atom. The monoisotopic (exact) mass is 241 g/mol. The first-order valence-electron chi connectivity index (χ1n) is 7.20. The van der Waals surface area contributed by atoms with E-state index < -0.39 is 0 Å². The minimum atomic E-state index is 0.357. The van der Waals surface area contributed by atoms with Gasteiger partial charge in [-0.25, -0.2) is 0 Å². The third-order valence-electron chi connectivity index (χ3n) is 4.15. The van der Waals surface area contributed by atoms with Gasteiger partial charge >= 0.3 is 0 Å². The van der Waals surface area contributed by atoms with Gasteiger partial charge in [-0.2, -0.15) is 0 Å². The molecule has 0 aliphatic carbocycles. The summed E-state index contributed by atoms with van der Waals surface area (Å²) in [4.78, 5) is 0. The fourth-order valence-corrected chi connectivity index (χ4v) is 2.16. The van der Waals surface area contributed by atoms with Gasteiger partial charge in [0.1, 0.15) is 0 Å². The predicted octanol–water partition coefficient (Wildman–Crippen LogP) is 4.72. The molecule has 1 N–H and O–H groups in total. The van der Waals surface area contributed by atoms with Crippen molar-refractivity contribution in [3.63, 3.8) is 0 Å². The minimum Gasteiger partial charge on any atom is -0.313 e. The molecule has 2 atom stereocenters. The lowest BCUT2D eigenvalue weighted by molar-refractivity contribution is 0.135. The molecule has 0 saturated carbocycles. The van der Waals surface area contributed by atoms with Crippen LogP contribution in [0.4, 0.5) is 0 Å². The van der Waals surface area contributed by atoms with Crippen molar-refractivity contribution in [3.05, 3.63) is 0 Å². The lowest BCUT2D eigenvalue weighted by Gasteiger charge is -2.40. The summed E-state index contributed by atoms with van der Waals surface area (Å²) < 4.78 is 0. The third kappa shape index (κ3) is 6.45. The molecule has 17 heavy (non-hydrogen) atoms. The summed E-state index contributed by atoms with van der Waals surface area (Å²) >= 11 is 0. The van der Waals surface area contributed by atoms with Crippen molar-refractivity contribution >= 4 is 0 Å². The van der Waals surface area contributed by atoms with Crippen LogP contribution in [0.5, 0.6) is 0 Å². The highest BCUT2D eigenvalue weighted by Gasteiger charge is 2.32. The first-order valence-corrected chi connectivity index (χ1v) is 7.20. The van der Waals surface area contributed by atoms with Crippen molar-refractivity contribution in [2.75, 3.05) is 6.54 Å². The summed E-state index contributed by atoms with van der Waals surface area (Å²) in [5.74, 6) is 1.55. The van der Waals surface area contributed by atoms with Crippen LogP contribution in [0.1, 0.15) is 68.7 Å². The zero-order valence-electron chi connectivity index (χ0n) is 13.6. The van der Waals surface area contributed by atoms with E-state index in [4.69, 9.17) is 0 Å². The zero-order chi connectivity index (χ0) is 13.9. The quantitative estimate of drug-likeness (QED) is 0.709. The highest BCUT2D eigenvalue weighted by Crippen LogP contribution is 2.35. The molecule has 0 radical (unpaired) electrons. The Morgan fingerprint density at radius 1 is 0.882 bits per heavy atom. The molecule has 0 aliphatic heterocycles. The van der Waals surface area contributed by atoms with Crippen molar-refractivity contribution < 1.29 is 0 Å². The normalized spacial score (nSPS) is 17.3. The lowest BCUT2D eigenvalue weighted by Crippen LogP contribution is -2.46. The number of hydrogen-bond donors (Lipinski definition) is 1. The molecular weight excluding hydrogens is 206 g/mol. The maximum absolute atomic E-state index is 3.72. The van der Waals surface area contributed by atoms with Crippen LogP contribution >= 0.6 is 0 Å². The van der Waals surface area contributed by atoms with Gasteiger partial charge in [0.05, 0.1) is 0 Å². The summed E-state index contributed by atoms with van der Waals surface area (Å²) in [5.41, 5.74) is 0.723. The van der Waals surface area contributed by atoms with Gasteiger partial charge in [-0.3, -0.25) is 0 Å². The fraction of sp³-hybridized carbons (Fsp3) is 1.00. The van der Waals surface area contributed by atoms with Crippen LogP contribution in [0.25, 0.3) is 0 Å². The summed E-state index contributed by atoms with van der Waals surface area (Å²) in [6.45, 7) is 22.1. The number of hydrogen-bond acceptors (Lipinski definition) is 1. The molecule has 0 amide bonds. The largest absolute Gasteiger partial charge is 0.313 e. The molecule has 1 heteroatoms. The molecule has 0 rings (SSSR count). The Balaban J connectivity index is 4.37. The van der Waals surface area contributed by atoms with E-state index >= 15 is 0 Å². The van der Waals surface area contributed by atoms with Crippen molar-refractivity contribution in [1.29, 1.82) is 0 Å². The molecule has 0 heterocycles. The van der Waals surface area contributed by atoms with Crippen LogP contribution < -0.4 is 5.32 Å². The second-order valence-electron chi connectivity index (χ2n) is 8.02. The van der Waals surface area contributed by atoms with Gasteiger partial charge in [0.25, 0.3) is 0 Å². The van der Waals surface area contributed by atoms with Crippen LogP contribution in [0.2, 0.25) is 0 Å². The Labute approximate surface area is 110 Å². The molecule has 0 aromatic rings. The van der Waals surface area contributed by atoms with Gasteiger partial charge in [0, 0.05) is 12.6 Å². The van der Waals surface area contributed by atoms with Crippen molar-refractivity contribution in [2.24, 2.45) is 22.7 Å². The van der Waals surface area contributed by atoms with Crippen molar-refractivity contribution in [2.45, 2.75) is 74.8 Å². The van der Waals surface area contributed by atoms with E-state index in [9.17, 15) is 0 Å². The molecule has 0 aliphatic rings. The van der Waals surface area contributed by atoms with E-state index in [1.807, 2.05) is 0 Å². The predicted molar refractivity (Wildman–Crippen MR) is 79.3 cm³/mol. The fourth-order valence-electron chi connectivity index (χ4n) is 2.16. The number of nitrogens with one attached hydrogen (secondary N) is 1. The molecule has 0 aromatic heterocycles. The molecule has 0 saturated heterocycles. The van der Waals surface area contributed by atoms with Crippen LogP contribution in [0.3, 0.4) is 0 Å². The minimum absolute atomic E-state index is 0.357. The SMILES string of the molecule is CC(C)CC(C)C(C)(C)C(C)NCC(C)(C)C. The second-order valence-corrected chi connectivity index (χ2v) is 8.02. The van der Waals surface area contributed by atoms with Gasteiger partial charge in [0.2, 0.25) is 0 Å². The summed E-state index contributed by atoms with van der Waals surface area (Å²) in [7, 11) is 0. The van der Waals surface area contributed by atoms with Crippen LogP contribution in [-0.4, -0.2) is 12.6 Å². The van der Waals surface area contributed by atoms with Crippen molar-refractivity contribution in [1.82, 2.24) is 5.32 Å². The highest BCUT2D eigenvalue weighted by molar-refractivity contribution is 4.86. The lowest BCUT2D eigenvalue weighted by atomic mass is 9.71. The summed E-state index contributed by atoms with van der Waals surface area (Å²) in [6, 6.07) is 0.565. The van der Waals surface area contributed by atoms with E-state index in [1.165, 1.54) is 6.42 Å². The molecule has 0 bridgehead atoms. The summed E-state index contributed by atoms with van der Waals surface area (Å²) in [6.07, 6.45) is 1.31. The third-order valence-corrected chi connectivity index (χ3v) is 4.15. The van der Waals surface area contributed by atoms with Gasteiger partial charge in [-0.1, -0.05) is 55.4 Å². The van der Waals surface area contributed by atoms with E-state index in [-0.39, 0.29) is 0 Å². The molecule has 0 spiro atoms. The van der Waals surface area contributed by atoms with Gasteiger partial charge in [-0.05, 0) is 36.0 Å². The maximum Gasteiger partial charge on any atom is 0.00926 e. The molecule has 104 valence electrons.